The van der Waals surface area contributed by atoms with E-state index in [9.17, 15) is 4.79 Å². The molecule has 1 aliphatic carbocycles. The van der Waals surface area contributed by atoms with Crippen LogP contribution in [0.4, 0.5) is 0 Å². The van der Waals surface area contributed by atoms with Gasteiger partial charge < -0.3 is 0 Å². The van der Waals surface area contributed by atoms with Crippen molar-refractivity contribution in [2.45, 2.75) is 49.2 Å². The number of carbonyl (C=O) groups is 1. The van der Waals surface area contributed by atoms with Gasteiger partial charge in [0.05, 0.1) is 0 Å². The average Bonchev–Trinajstić information content (AvgIpc) is 2.81. The molecule has 2 atom stereocenters. The summed E-state index contributed by atoms with van der Waals surface area (Å²) < 4.78 is 0. The quantitative estimate of drug-likeness (QED) is 0.788. The lowest BCUT2D eigenvalue weighted by Gasteiger charge is -2.25. The molecule has 90 valence electrons. The van der Waals surface area contributed by atoms with Crippen molar-refractivity contribution in [3.8, 4) is 0 Å². The van der Waals surface area contributed by atoms with Crippen LogP contribution < -0.4 is 0 Å². The predicted molar refractivity (Wildman–Crippen MR) is 71.4 cm³/mol. The number of carbonyl (C=O) groups excluding carboxylic acids is 1. The number of fused-ring (bicyclic) bond motifs is 1. The van der Waals surface area contributed by atoms with E-state index >= 15 is 0 Å². The molecule has 1 aromatic rings. The van der Waals surface area contributed by atoms with Gasteiger partial charge in [0.1, 0.15) is 5.78 Å². The molecule has 1 heterocycles. The second-order valence-corrected chi connectivity index (χ2v) is 7.12. The highest BCUT2D eigenvalue weighted by molar-refractivity contribution is 8.00. The standard InChI is InChI=1S/C15H18OS/c1-15(7-6-12(16)9-15)10-13-8-11-4-2-3-5-14(11)17-13/h2-5,13H,6-10H2,1H3. The molecule has 2 aliphatic rings. The van der Waals surface area contributed by atoms with E-state index in [0.29, 0.717) is 11.0 Å². The van der Waals surface area contributed by atoms with E-state index in [2.05, 4.69) is 31.2 Å². The smallest absolute Gasteiger partial charge is 0.133 e. The van der Waals surface area contributed by atoms with Crippen LogP contribution in [0.15, 0.2) is 29.2 Å². The summed E-state index contributed by atoms with van der Waals surface area (Å²) in [5.41, 5.74) is 1.77. The van der Waals surface area contributed by atoms with Crippen molar-refractivity contribution in [1.82, 2.24) is 0 Å². The Kier molecular flexibility index (Phi) is 2.78. The third-order valence-electron chi connectivity index (χ3n) is 4.07. The summed E-state index contributed by atoms with van der Waals surface area (Å²) in [6.07, 6.45) is 5.09. The van der Waals surface area contributed by atoms with Crippen molar-refractivity contribution in [2.24, 2.45) is 5.41 Å². The number of rotatable bonds is 2. The predicted octanol–water partition coefficient (Wildman–Crippen LogP) is 3.85. The van der Waals surface area contributed by atoms with Crippen molar-refractivity contribution in [2.75, 3.05) is 0 Å². The Morgan fingerprint density at radius 1 is 1.41 bits per heavy atom. The van der Waals surface area contributed by atoms with Gasteiger partial charge in [-0.15, -0.1) is 11.8 Å². The summed E-state index contributed by atoms with van der Waals surface area (Å²) in [7, 11) is 0. The van der Waals surface area contributed by atoms with Crippen LogP contribution in [0.3, 0.4) is 0 Å². The van der Waals surface area contributed by atoms with E-state index in [1.165, 1.54) is 23.3 Å². The van der Waals surface area contributed by atoms with E-state index < -0.39 is 0 Å². The molecule has 1 aromatic carbocycles. The Labute approximate surface area is 107 Å². The van der Waals surface area contributed by atoms with E-state index in [1.54, 1.807) is 0 Å². The summed E-state index contributed by atoms with van der Waals surface area (Å²) in [6.45, 7) is 2.29. The van der Waals surface area contributed by atoms with Gasteiger partial charge in [-0.05, 0) is 36.3 Å². The van der Waals surface area contributed by atoms with Crippen molar-refractivity contribution in [3.05, 3.63) is 29.8 Å². The molecule has 0 N–H and O–H groups in total. The molecule has 3 rings (SSSR count). The minimum atomic E-state index is 0.275. The summed E-state index contributed by atoms with van der Waals surface area (Å²) in [4.78, 5) is 12.9. The first-order valence-electron chi connectivity index (χ1n) is 6.41. The van der Waals surface area contributed by atoms with E-state index in [-0.39, 0.29) is 5.41 Å². The first-order chi connectivity index (χ1) is 8.15. The highest BCUT2D eigenvalue weighted by Gasteiger charge is 2.37. The van der Waals surface area contributed by atoms with Gasteiger partial charge in [-0.2, -0.15) is 0 Å². The molecule has 1 saturated carbocycles. The van der Waals surface area contributed by atoms with Gasteiger partial charge in [0.15, 0.2) is 0 Å². The van der Waals surface area contributed by atoms with Gasteiger partial charge in [0, 0.05) is 23.0 Å². The average molecular weight is 246 g/mol. The molecule has 0 spiro atoms. The Hall–Kier alpha value is -0.760. The molecule has 0 amide bonds. The molecule has 0 saturated heterocycles. The number of hydrogen-bond acceptors (Lipinski definition) is 2. The summed E-state index contributed by atoms with van der Waals surface area (Å²) in [5.74, 6) is 0.466. The van der Waals surface area contributed by atoms with Crippen LogP contribution in [0, 0.1) is 5.41 Å². The number of Topliss-reactive ketones (excluding diaryl/α,β-unsaturated/α-hetero) is 1. The monoisotopic (exact) mass is 246 g/mol. The Morgan fingerprint density at radius 2 is 2.24 bits per heavy atom. The number of thioether (sulfide) groups is 1. The normalized spacial score (nSPS) is 31.8. The highest BCUT2D eigenvalue weighted by atomic mass is 32.2. The molecule has 1 fully saturated rings. The number of benzene rings is 1. The van der Waals surface area contributed by atoms with Crippen molar-refractivity contribution < 1.29 is 4.79 Å². The number of ketones is 1. The first kappa shape index (κ1) is 11.3. The fourth-order valence-corrected chi connectivity index (χ4v) is 4.75. The maximum Gasteiger partial charge on any atom is 0.133 e. The van der Waals surface area contributed by atoms with Crippen LogP contribution in [0.1, 0.15) is 38.2 Å². The van der Waals surface area contributed by atoms with Crippen molar-refractivity contribution in [1.29, 1.82) is 0 Å². The molecule has 17 heavy (non-hydrogen) atoms. The molecular formula is C15H18OS. The van der Waals surface area contributed by atoms with Crippen LogP contribution in [-0.2, 0) is 11.2 Å². The molecule has 2 unspecified atom stereocenters. The van der Waals surface area contributed by atoms with Crippen LogP contribution in [0.25, 0.3) is 0 Å². The molecule has 0 bridgehead atoms. The van der Waals surface area contributed by atoms with Crippen LogP contribution >= 0.6 is 11.8 Å². The Bertz CT molecular complexity index is 429. The SMILES string of the molecule is CC1(CC2Cc3ccccc3S2)CCC(=O)C1. The van der Waals surface area contributed by atoms with Crippen molar-refractivity contribution >= 4 is 17.5 Å². The second-order valence-electron chi connectivity index (χ2n) is 5.78. The lowest BCUT2D eigenvalue weighted by atomic mass is 9.83. The van der Waals surface area contributed by atoms with E-state index in [1.807, 2.05) is 11.8 Å². The van der Waals surface area contributed by atoms with Crippen LogP contribution in [0.5, 0.6) is 0 Å². The summed E-state index contributed by atoms with van der Waals surface area (Å²) >= 11 is 2.01. The highest BCUT2D eigenvalue weighted by Crippen LogP contribution is 2.47. The maximum atomic E-state index is 11.4. The zero-order valence-electron chi connectivity index (χ0n) is 10.2. The molecular weight excluding hydrogens is 228 g/mol. The third-order valence-corrected chi connectivity index (χ3v) is 5.38. The summed E-state index contributed by atoms with van der Waals surface area (Å²) in [5, 5.41) is 0.684. The minimum absolute atomic E-state index is 0.275. The van der Waals surface area contributed by atoms with E-state index in [4.69, 9.17) is 0 Å². The first-order valence-corrected chi connectivity index (χ1v) is 7.29. The molecule has 1 nitrogen and oxygen atoms in total. The summed E-state index contributed by atoms with van der Waals surface area (Å²) in [6, 6.07) is 8.71. The number of hydrogen-bond donors (Lipinski definition) is 0. The fourth-order valence-electron chi connectivity index (χ4n) is 3.19. The second kappa shape index (κ2) is 4.16. The molecule has 2 heteroatoms. The van der Waals surface area contributed by atoms with Gasteiger partial charge in [-0.3, -0.25) is 4.79 Å². The van der Waals surface area contributed by atoms with E-state index in [0.717, 1.165) is 19.3 Å². The lowest BCUT2D eigenvalue weighted by molar-refractivity contribution is -0.117. The topological polar surface area (TPSA) is 17.1 Å². The van der Waals surface area contributed by atoms with Gasteiger partial charge in [-0.1, -0.05) is 25.1 Å². The van der Waals surface area contributed by atoms with Crippen LogP contribution in [0.2, 0.25) is 0 Å². The molecule has 0 radical (unpaired) electrons. The zero-order valence-corrected chi connectivity index (χ0v) is 11.1. The lowest BCUT2D eigenvalue weighted by Crippen LogP contribution is -2.19. The zero-order chi connectivity index (χ0) is 11.9. The van der Waals surface area contributed by atoms with Gasteiger partial charge in [-0.25, -0.2) is 0 Å². The largest absolute Gasteiger partial charge is 0.300 e. The van der Waals surface area contributed by atoms with Gasteiger partial charge in [0.2, 0.25) is 0 Å². The van der Waals surface area contributed by atoms with Gasteiger partial charge in [0.25, 0.3) is 0 Å². The Morgan fingerprint density at radius 3 is 2.94 bits per heavy atom. The Balaban J connectivity index is 1.68. The van der Waals surface area contributed by atoms with Crippen molar-refractivity contribution in [3.63, 3.8) is 0 Å². The van der Waals surface area contributed by atoms with Crippen LogP contribution in [-0.4, -0.2) is 11.0 Å². The third kappa shape index (κ3) is 2.28. The maximum absolute atomic E-state index is 11.4. The molecule has 1 aliphatic heterocycles. The molecule has 0 aromatic heterocycles. The fraction of sp³-hybridized carbons (Fsp3) is 0.533. The van der Waals surface area contributed by atoms with Gasteiger partial charge >= 0.3 is 0 Å². The minimum Gasteiger partial charge on any atom is -0.300 e.